The fourth-order valence-corrected chi connectivity index (χ4v) is 11.3. The Morgan fingerprint density at radius 2 is 1.74 bits per heavy atom. The van der Waals surface area contributed by atoms with Crippen molar-refractivity contribution >= 4 is 95.8 Å². The number of carbonyl (C=O) groups excluding carboxylic acids is 3. The lowest BCUT2D eigenvalue weighted by atomic mass is 9.82. The van der Waals surface area contributed by atoms with Crippen molar-refractivity contribution in [3.63, 3.8) is 0 Å². The lowest BCUT2D eigenvalue weighted by Crippen LogP contribution is -2.49. The summed E-state index contributed by atoms with van der Waals surface area (Å²) in [5.74, 6) is -4.26. The minimum atomic E-state index is -4.09. The van der Waals surface area contributed by atoms with Gasteiger partial charge < -0.3 is 19.5 Å². The van der Waals surface area contributed by atoms with Gasteiger partial charge in [0.15, 0.2) is 6.61 Å². The fourth-order valence-electron chi connectivity index (χ4n) is 6.83. The summed E-state index contributed by atoms with van der Waals surface area (Å²) in [4.78, 5) is 39.5. The molecular formula is C28H26I3NO9S. The maximum atomic E-state index is 13.9. The first-order valence-corrected chi connectivity index (χ1v) is 18.1. The molecule has 2 saturated heterocycles. The third-order valence-electron chi connectivity index (χ3n) is 8.61. The lowest BCUT2D eigenvalue weighted by molar-refractivity contribution is -0.177. The maximum Gasteiger partial charge on any atom is 0.344 e. The summed E-state index contributed by atoms with van der Waals surface area (Å²) < 4.78 is 51.2. The number of ether oxygens (including phenoxy) is 3. The quantitative estimate of drug-likeness (QED) is 0.144. The number of fused-ring (bicyclic) bond motifs is 1. The van der Waals surface area contributed by atoms with Gasteiger partial charge in [-0.1, -0.05) is 30.3 Å². The number of esters is 3. The standard InChI is InChI=1S/C28H26I3NO9S/c29-15-10-17(22(31)19(30)11-15)26(34)38-13-20(33)39-23-16-12-18-24(23)41-42(36,37)25(18)21(16)27(35)40-28(6-8-32-9-7-28)14-4-2-1-3-5-14/h1-5,10-11,16,18,21,23-25,32H,6-9,12-13H2. The summed E-state index contributed by atoms with van der Waals surface area (Å²) in [6.45, 7) is 0.628. The van der Waals surface area contributed by atoms with Crippen LogP contribution in [0.15, 0.2) is 42.5 Å². The molecule has 0 aromatic heterocycles. The Labute approximate surface area is 283 Å². The molecule has 14 heteroatoms. The molecular weight excluding hydrogens is 907 g/mol. The van der Waals surface area contributed by atoms with E-state index < -0.39 is 75.4 Å². The van der Waals surface area contributed by atoms with Crippen molar-refractivity contribution in [1.29, 1.82) is 0 Å². The van der Waals surface area contributed by atoms with Crippen LogP contribution in [0.2, 0.25) is 0 Å². The number of benzene rings is 2. The molecule has 6 rings (SSSR count). The molecule has 2 aromatic rings. The third kappa shape index (κ3) is 5.60. The van der Waals surface area contributed by atoms with Gasteiger partial charge in [-0.15, -0.1) is 0 Å². The van der Waals surface area contributed by atoms with Crippen LogP contribution in [0, 0.1) is 28.5 Å². The van der Waals surface area contributed by atoms with Gasteiger partial charge in [-0.05, 0) is 105 Å². The van der Waals surface area contributed by atoms with Crippen LogP contribution in [-0.2, 0) is 43.7 Å². The average molecular weight is 933 g/mol. The van der Waals surface area contributed by atoms with Crippen molar-refractivity contribution in [3.05, 3.63) is 64.3 Å². The molecule has 2 bridgehead atoms. The van der Waals surface area contributed by atoms with Crippen LogP contribution in [0.3, 0.4) is 0 Å². The van der Waals surface area contributed by atoms with Crippen molar-refractivity contribution in [1.82, 2.24) is 5.32 Å². The molecule has 224 valence electrons. The molecule has 2 aromatic carbocycles. The van der Waals surface area contributed by atoms with E-state index in [1.807, 2.05) is 59.0 Å². The summed E-state index contributed by atoms with van der Waals surface area (Å²) in [5.41, 5.74) is 0.299. The minimum Gasteiger partial charge on any atom is -0.457 e. The number of nitrogens with one attached hydrogen (secondary N) is 1. The molecule has 6 atom stereocenters. The van der Waals surface area contributed by atoms with Gasteiger partial charge in [-0.3, -0.25) is 8.98 Å². The van der Waals surface area contributed by atoms with E-state index in [2.05, 4.69) is 50.5 Å². The number of rotatable bonds is 7. The van der Waals surface area contributed by atoms with E-state index in [1.54, 1.807) is 6.07 Å². The molecule has 1 N–H and O–H groups in total. The molecule has 0 spiro atoms. The van der Waals surface area contributed by atoms with Gasteiger partial charge in [0, 0.05) is 35.4 Å². The van der Waals surface area contributed by atoms with Gasteiger partial charge in [-0.2, -0.15) is 8.42 Å². The van der Waals surface area contributed by atoms with Crippen LogP contribution >= 0.6 is 67.8 Å². The van der Waals surface area contributed by atoms with Crippen LogP contribution < -0.4 is 5.32 Å². The van der Waals surface area contributed by atoms with Gasteiger partial charge in [0.2, 0.25) is 0 Å². The van der Waals surface area contributed by atoms with Crippen molar-refractivity contribution in [2.24, 2.45) is 17.8 Å². The Morgan fingerprint density at radius 1 is 1.02 bits per heavy atom. The predicted octanol–water partition coefficient (Wildman–Crippen LogP) is 3.75. The van der Waals surface area contributed by atoms with Gasteiger partial charge in [0.1, 0.15) is 23.1 Å². The van der Waals surface area contributed by atoms with Crippen molar-refractivity contribution < 1.29 is 41.2 Å². The second-order valence-electron chi connectivity index (χ2n) is 10.9. The van der Waals surface area contributed by atoms with E-state index >= 15 is 0 Å². The summed E-state index contributed by atoms with van der Waals surface area (Å²) in [6, 6.07) is 13.1. The molecule has 4 fully saturated rings. The first-order chi connectivity index (χ1) is 20.0. The lowest BCUT2D eigenvalue weighted by Gasteiger charge is -2.39. The molecule has 2 aliphatic carbocycles. The number of hydrogen-bond acceptors (Lipinski definition) is 10. The largest absolute Gasteiger partial charge is 0.457 e. The highest BCUT2D eigenvalue weighted by Crippen LogP contribution is 2.59. The Balaban J connectivity index is 1.18. The smallest absolute Gasteiger partial charge is 0.344 e. The Morgan fingerprint density at radius 3 is 2.45 bits per heavy atom. The van der Waals surface area contributed by atoms with Crippen molar-refractivity contribution in [3.8, 4) is 0 Å². The zero-order valence-electron chi connectivity index (χ0n) is 22.0. The fraction of sp³-hybridized carbons (Fsp3) is 0.464. The van der Waals surface area contributed by atoms with Gasteiger partial charge >= 0.3 is 17.9 Å². The van der Waals surface area contributed by atoms with E-state index in [1.165, 1.54) is 0 Å². The summed E-state index contributed by atoms with van der Waals surface area (Å²) in [7, 11) is -4.09. The van der Waals surface area contributed by atoms with Crippen LogP contribution in [-0.4, -0.2) is 63.5 Å². The third-order valence-corrected chi connectivity index (χ3v) is 14.1. The average Bonchev–Trinajstić information content (AvgIpc) is 3.57. The van der Waals surface area contributed by atoms with Gasteiger partial charge in [0.25, 0.3) is 10.1 Å². The summed E-state index contributed by atoms with van der Waals surface area (Å²) in [5, 5.41) is 2.24. The number of carbonyl (C=O) groups is 3. The second kappa shape index (κ2) is 12.0. The molecule has 2 aliphatic heterocycles. The summed E-state index contributed by atoms with van der Waals surface area (Å²) in [6.07, 6.45) is -0.420. The van der Waals surface area contributed by atoms with Crippen LogP contribution in [0.4, 0.5) is 0 Å². The first kappa shape index (κ1) is 30.9. The molecule has 4 aliphatic rings. The Hall–Kier alpha value is -1.09. The number of halogens is 3. The number of piperidine rings is 1. The number of hydrogen-bond donors (Lipinski definition) is 1. The SMILES string of the molecule is O=C(COC(=O)c1cc(I)cc(I)c1I)OC1C2CC3C1OS(=O)(=O)C3C2C(=O)OC1(c2ccccc2)CCNCC1. The predicted molar refractivity (Wildman–Crippen MR) is 174 cm³/mol. The zero-order valence-corrected chi connectivity index (χ0v) is 29.3. The Kier molecular flexibility index (Phi) is 8.85. The van der Waals surface area contributed by atoms with Crippen molar-refractivity contribution in [2.45, 2.75) is 42.3 Å². The van der Waals surface area contributed by atoms with Crippen LogP contribution in [0.5, 0.6) is 0 Å². The van der Waals surface area contributed by atoms with Gasteiger partial charge in [-0.25, -0.2) is 9.59 Å². The van der Waals surface area contributed by atoms with E-state index in [4.69, 9.17) is 18.4 Å². The highest BCUT2D eigenvalue weighted by atomic mass is 127. The molecule has 2 heterocycles. The maximum absolute atomic E-state index is 13.9. The topological polar surface area (TPSA) is 134 Å². The van der Waals surface area contributed by atoms with Crippen LogP contribution in [0.1, 0.15) is 35.2 Å². The zero-order chi connectivity index (χ0) is 29.8. The Bertz CT molecular complexity index is 1530. The molecule has 42 heavy (non-hydrogen) atoms. The van der Waals surface area contributed by atoms with Gasteiger partial charge in [0.05, 0.1) is 11.5 Å². The van der Waals surface area contributed by atoms with E-state index in [0.29, 0.717) is 41.5 Å². The van der Waals surface area contributed by atoms with E-state index in [-0.39, 0.29) is 0 Å². The molecule has 10 nitrogen and oxygen atoms in total. The van der Waals surface area contributed by atoms with Crippen LogP contribution in [0.25, 0.3) is 0 Å². The summed E-state index contributed by atoms with van der Waals surface area (Å²) >= 11 is 6.26. The highest BCUT2D eigenvalue weighted by molar-refractivity contribution is 14.1. The van der Waals surface area contributed by atoms with E-state index in [0.717, 1.165) is 12.7 Å². The molecule has 0 radical (unpaired) electrons. The molecule has 6 unspecified atom stereocenters. The van der Waals surface area contributed by atoms with Crippen molar-refractivity contribution in [2.75, 3.05) is 19.7 Å². The monoisotopic (exact) mass is 933 g/mol. The second-order valence-corrected chi connectivity index (χ2v) is 16.1. The van der Waals surface area contributed by atoms with E-state index in [9.17, 15) is 22.8 Å². The normalized spacial score (nSPS) is 30.1. The highest BCUT2D eigenvalue weighted by Gasteiger charge is 2.72. The molecule has 2 saturated carbocycles. The minimum absolute atomic E-state index is 0.334. The molecule has 0 amide bonds. The first-order valence-electron chi connectivity index (χ1n) is 13.4.